The number of rotatable bonds is 2. The molecule has 2 saturated carbocycles. The van der Waals surface area contributed by atoms with Crippen molar-refractivity contribution in [1.82, 2.24) is 4.90 Å². The second-order valence-corrected chi connectivity index (χ2v) is 9.60. The van der Waals surface area contributed by atoms with Gasteiger partial charge in [-0.3, -0.25) is 14.5 Å². The molecule has 1 heterocycles. The number of amides is 1. The first-order valence-electron chi connectivity index (χ1n) is 10.4. The molecule has 1 saturated heterocycles. The van der Waals surface area contributed by atoms with Gasteiger partial charge in [0.25, 0.3) is 5.91 Å². The summed E-state index contributed by atoms with van der Waals surface area (Å²) in [6.45, 7) is 3.07. The Bertz CT molecular complexity index is 893. The predicted molar refractivity (Wildman–Crippen MR) is 103 cm³/mol. The third-order valence-electron chi connectivity index (χ3n) is 8.37. The summed E-state index contributed by atoms with van der Waals surface area (Å²) in [7, 11) is 0. The van der Waals surface area contributed by atoms with Crippen LogP contribution in [0.25, 0.3) is 0 Å². The average molecular weight is 384 g/mol. The molecule has 0 radical (unpaired) electrons. The summed E-state index contributed by atoms with van der Waals surface area (Å²) in [5.41, 5.74) is 5.23. The van der Waals surface area contributed by atoms with Crippen LogP contribution in [0.1, 0.15) is 73.4 Å². The van der Waals surface area contributed by atoms with Crippen molar-refractivity contribution in [1.29, 1.82) is 0 Å². The number of carbonyl (C=O) groups excluding carboxylic acids is 2. The Morgan fingerprint density at radius 2 is 2.00 bits per heavy atom. The number of aromatic hydroxyl groups is 1. The second-order valence-electron chi connectivity index (χ2n) is 9.60. The number of hydrogen-bond acceptors (Lipinski definition) is 5. The van der Waals surface area contributed by atoms with E-state index in [1.54, 1.807) is 6.07 Å². The fraction of sp³-hybridized carbons (Fsp3) is 0.636. The van der Waals surface area contributed by atoms with Crippen LogP contribution in [-0.4, -0.2) is 50.5 Å². The SMILES string of the molecule is CC1(N2CCC34CC(=O)CCC3(O)C2Cc2ccc(C(N)=O)c(O)c24)CCC1. The van der Waals surface area contributed by atoms with Crippen LogP contribution >= 0.6 is 0 Å². The molecule has 4 N–H and O–H groups in total. The van der Waals surface area contributed by atoms with Crippen LogP contribution in [0.4, 0.5) is 0 Å². The first-order chi connectivity index (χ1) is 13.2. The molecule has 1 aromatic carbocycles. The van der Waals surface area contributed by atoms with Crippen molar-refractivity contribution in [2.75, 3.05) is 6.54 Å². The number of likely N-dealkylation sites (tertiary alicyclic amines) is 1. The molecule has 2 bridgehead atoms. The van der Waals surface area contributed by atoms with E-state index < -0.39 is 16.9 Å². The Morgan fingerprint density at radius 1 is 1.25 bits per heavy atom. The average Bonchev–Trinajstić information content (AvgIpc) is 2.60. The van der Waals surface area contributed by atoms with E-state index in [-0.39, 0.29) is 35.1 Å². The zero-order valence-electron chi connectivity index (χ0n) is 16.3. The van der Waals surface area contributed by atoms with Gasteiger partial charge in [0.05, 0.1) is 11.2 Å². The van der Waals surface area contributed by atoms with Gasteiger partial charge in [0.1, 0.15) is 11.5 Å². The van der Waals surface area contributed by atoms with E-state index in [9.17, 15) is 19.8 Å². The largest absolute Gasteiger partial charge is 0.507 e. The molecule has 5 rings (SSSR count). The molecule has 1 aliphatic heterocycles. The molecule has 3 fully saturated rings. The van der Waals surface area contributed by atoms with Crippen molar-refractivity contribution in [3.8, 4) is 5.75 Å². The van der Waals surface area contributed by atoms with Gasteiger partial charge >= 0.3 is 0 Å². The highest BCUT2D eigenvalue weighted by molar-refractivity contribution is 5.96. The maximum Gasteiger partial charge on any atom is 0.252 e. The van der Waals surface area contributed by atoms with E-state index in [1.165, 1.54) is 6.42 Å². The monoisotopic (exact) mass is 384 g/mol. The van der Waals surface area contributed by atoms with Gasteiger partial charge in [-0.1, -0.05) is 6.07 Å². The molecule has 0 spiro atoms. The van der Waals surface area contributed by atoms with Crippen LogP contribution in [0.3, 0.4) is 0 Å². The number of phenols is 1. The molecule has 150 valence electrons. The molecule has 3 unspecified atom stereocenters. The first-order valence-corrected chi connectivity index (χ1v) is 10.4. The Labute approximate surface area is 164 Å². The lowest BCUT2D eigenvalue weighted by Crippen LogP contribution is -2.76. The third kappa shape index (κ3) is 2.05. The molecule has 3 aliphatic carbocycles. The van der Waals surface area contributed by atoms with Gasteiger partial charge in [-0.15, -0.1) is 0 Å². The van der Waals surface area contributed by atoms with Crippen LogP contribution in [-0.2, 0) is 16.6 Å². The van der Waals surface area contributed by atoms with Crippen LogP contribution in [0.2, 0.25) is 0 Å². The lowest BCUT2D eigenvalue weighted by atomic mass is 9.48. The summed E-state index contributed by atoms with van der Waals surface area (Å²) in [5, 5.41) is 23.1. The van der Waals surface area contributed by atoms with Gasteiger partial charge in [-0.2, -0.15) is 0 Å². The molecule has 28 heavy (non-hydrogen) atoms. The van der Waals surface area contributed by atoms with Gasteiger partial charge in [0, 0.05) is 41.9 Å². The molecule has 4 aliphatic rings. The van der Waals surface area contributed by atoms with E-state index in [0.29, 0.717) is 31.2 Å². The van der Waals surface area contributed by atoms with E-state index in [0.717, 1.165) is 24.9 Å². The summed E-state index contributed by atoms with van der Waals surface area (Å²) in [4.78, 5) is 26.9. The molecule has 0 aromatic heterocycles. The quantitative estimate of drug-likeness (QED) is 0.721. The first kappa shape index (κ1) is 18.1. The summed E-state index contributed by atoms with van der Waals surface area (Å²) < 4.78 is 0. The fourth-order valence-corrected chi connectivity index (χ4v) is 6.74. The van der Waals surface area contributed by atoms with Gasteiger partial charge < -0.3 is 15.9 Å². The van der Waals surface area contributed by atoms with Gasteiger partial charge in [0.15, 0.2) is 0 Å². The van der Waals surface area contributed by atoms with Crippen molar-refractivity contribution in [3.63, 3.8) is 0 Å². The standard InChI is InChI=1S/C22H28N2O4/c1-20(6-2-7-20)24-10-9-21-12-14(25)5-8-22(21,28)16(24)11-13-3-4-15(19(23)27)18(26)17(13)21/h3-4,16,26,28H,2,5-12H2,1H3,(H2,23,27). The van der Waals surface area contributed by atoms with Gasteiger partial charge in [-0.05, 0) is 57.1 Å². The van der Waals surface area contributed by atoms with Crippen molar-refractivity contribution in [2.24, 2.45) is 5.73 Å². The van der Waals surface area contributed by atoms with Gasteiger partial charge in [-0.25, -0.2) is 0 Å². The Balaban J connectivity index is 1.73. The van der Waals surface area contributed by atoms with Crippen LogP contribution in [0, 0.1) is 0 Å². The Hall–Kier alpha value is -1.92. The Morgan fingerprint density at radius 3 is 2.64 bits per heavy atom. The summed E-state index contributed by atoms with van der Waals surface area (Å²) >= 11 is 0. The highest BCUT2D eigenvalue weighted by Gasteiger charge is 2.67. The van der Waals surface area contributed by atoms with Crippen LogP contribution in [0.15, 0.2) is 12.1 Å². The third-order valence-corrected chi connectivity index (χ3v) is 8.37. The number of benzene rings is 1. The topological polar surface area (TPSA) is 104 Å². The van der Waals surface area contributed by atoms with E-state index >= 15 is 0 Å². The normalized spacial score (nSPS) is 36.2. The van der Waals surface area contributed by atoms with Crippen LogP contribution < -0.4 is 5.73 Å². The Kier molecular flexibility index (Phi) is 3.61. The molecule has 6 nitrogen and oxygen atoms in total. The van der Waals surface area contributed by atoms with Gasteiger partial charge in [0.2, 0.25) is 0 Å². The maximum absolute atomic E-state index is 12.5. The number of fused-ring (bicyclic) bond motifs is 1. The highest BCUT2D eigenvalue weighted by atomic mass is 16.3. The number of aliphatic hydroxyl groups is 1. The van der Waals surface area contributed by atoms with Crippen LogP contribution in [0.5, 0.6) is 5.75 Å². The smallest absolute Gasteiger partial charge is 0.252 e. The number of nitrogens with zero attached hydrogens (tertiary/aromatic N) is 1. The minimum atomic E-state index is -1.08. The van der Waals surface area contributed by atoms with Crippen molar-refractivity contribution >= 4 is 11.7 Å². The molecular formula is C22H28N2O4. The van der Waals surface area contributed by atoms with E-state index in [2.05, 4.69) is 11.8 Å². The molecule has 6 heteroatoms. The lowest BCUT2D eigenvalue weighted by molar-refractivity contribution is -0.196. The summed E-state index contributed by atoms with van der Waals surface area (Å²) in [6.07, 6.45) is 5.67. The predicted octanol–water partition coefficient (Wildman–Crippen LogP) is 1.79. The van der Waals surface area contributed by atoms with Crippen molar-refractivity contribution in [2.45, 2.75) is 80.9 Å². The minimum absolute atomic E-state index is 0.0698. The van der Waals surface area contributed by atoms with E-state index in [1.807, 2.05) is 6.07 Å². The second kappa shape index (κ2) is 5.57. The minimum Gasteiger partial charge on any atom is -0.507 e. The number of piperidine rings is 1. The maximum atomic E-state index is 12.5. The number of nitrogens with two attached hydrogens (primary N) is 1. The zero-order chi connectivity index (χ0) is 19.9. The molecule has 1 aromatic rings. The highest BCUT2D eigenvalue weighted by Crippen LogP contribution is 2.61. The number of Topliss-reactive ketones (excluding diaryl/α,β-unsaturated/α-hetero) is 1. The lowest BCUT2D eigenvalue weighted by Gasteiger charge is -2.67. The summed E-state index contributed by atoms with van der Waals surface area (Å²) in [6, 6.07) is 3.36. The summed E-state index contributed by atoms with van der Waals surface area (Å²) in [5.74, 6) is -0.716. The van der Waals surface area contributed by atoms with Crippen molar-refractivity contribution in [3.05, 3.63) is 28.8 Å². The number of primary amides is 1. The fourth-order valence-electron chi connectivity index (χ4n) is 6.74. The zero-order valence-corrected chi connectivity index (χ0v) is 16.3. The molecule has 1 amide bonds. The number of hydrogen-bond donors (Lipinski definition) is 3. The molecule has 3 atom stereocenters. The molecular weight excluding hydrogens is 356 g/mol. The van der Waals surface area contributed by atoms with E-state index in [4.69, 9.17) is 5.73 Å². The number of ketones is 1. The van der Waals surface area contributed by atoms with Crippen molar-refractivity contribution < 1.29 is 19.8 Å². The number of carbonyl (C=O) groups is 2.